The molecule has 1 unspecified atom stereocenters. The number of aryl methyl sites for hydroxylation is 1. The van der Waals surface area contributed by atoms with Gasteiger partial charge in [-0.1, -0.05) is 32.4 Å². The van der Waals surface area contributed by atoms with Crippen molar-refractivity contribution in [3.63, 3.8) is 0 Å². The summed E-state index contributed by atoms with van der Waals surface area (Å²) in [5.74, 6) is 1.82. The molecule has 1 atom stereocenters. The molecule has 4 heteroatoms. The third-order valence-electron chi connectivity index (χ3n) is 2.80. The van der Waals surface area contributed by atoms with E-state index in [1.165, 1.54) is 0 Å². The van der Waals surface area contributed by atoms with E-state index in [2.05, 4.69) is 30.7 Å². The minimum absolute atomic E-state index is 0.120. The molecule has 1 aromatic rings. The Kier molecular flexibility index (Phi) is 5.19. The maximum absolute atomic E-state index is 6.09. The molecule has 1 rings (SSSR count). The molecule has 0 fully saturated rings. The highest BCUT2D eigenvalue weighted by atomic mass is 35.5. The first-order valence-electron chi connectivity index (χ1n) is 6.15. The van der Waals surface area contributed by atoms with Crippen molar-refractivity contribution in [1.29, 1.82) is 0 Å². The monoisotopic (exact) mass is 256 g/mol. The van der Waals surface area contributed by atoms with Crippen LogP contribution in [0.1, 0.15) is 45.5 Å². The van der Waals surface area contributed by atoms with E-state index >= 15 is 0 Å². The first-order chi connectivity index (χ1) is 7.95. The van der Waals surface area contributed by atoms with E-state index in [1.54, 1.807) is 0 Å². The molecule has 0 amide bonds. The standard InChI is InChI=1S/C13H21ClN2O/c1-6-7-11-15-12(14)9(4)13(16-11)17-10(5)8(2)3/h8,10H,6-7H2,1-5H3. The summed E-state index contributed by atoms with van der Waals surface area (Å²) in [5, 5.41) is 0.495. The second kappa shape index (κ2) is 6.20. The zero-order valence-corrected chi connectivity index (χ0v) is 12.0. The van der Waals surface area contributed by atoms with Gasteiger partial charge in [-0.05, 0) is 26.2 Å². The van der Waals surface area contributed by atoms with Crippen LogP contribution in [0.25, 0.3) is 0 Å². The van der Waals surface area contributed by atoms with Gasteiger partial charge in [0.2, 0.25) is 5.88 Å². The molecule has 1 aromatic heterocycles. The van der Waals surface area contributed by atoms with Crippen LogP contribution >= 0.6 is 11.6 Å². The summed E-state index contributed by atoms with van der Waals surface area (Å²) in [5.41, 5.74) is 0.819. The van der Waals surface area contributed by atoms with Gasteiger partial charge in [-0.25, -0.2) is 4.98 Å². The fourth-order valence-electron chi connectivity index (χ4n) is 1.27. The largest absolute Gasteiger partial charge is 0.474 e. The molecule has 3 nitrogen and oxygen atoms in total. The Morgan fingerprint density at radius 1 is 1.24 bits per heavy atom. The minimum Gasteiger partial charge on any atom is -0.474 e. The first-order valence-corrected chi connectivity index (χ1v) is 6.53. The van der Waals surface area contributed by atoms with Crippen molar-refractivity contribution in [3.05, 3.63) is 16.5 Å². The molecule has 0 N–H and O–H groups in total. The van der Waals surface area contributed by atoms with Crippen molar-refractivity contribution in [3.8, 4) is 5.88 Å². The summed E-state index contributed by atoms with van der Waals surface area (Å²) in [6.45, 7) is 10.3. The van der Waals surface area contributed by atoms with Crippen LogP contribution in [0.4, 0.5) is 0 Å². The van der Waals surface area contributed by atoms with E-state index in [0.29, 0.717) is 17.0 Å². The number of nitrogens with zero attached hydrogens (tertiary/aromatic N) is 2. The lowest BCUT2D eigenvalue weighted by molar-refractivity contribution is 0.161. The van der Waals surface area contributed by atoms with Gasteiger partial charge in [0.25, 0.3) is 0 Å². The van der Waals surface area contributed by atoms with E-state index in [1.807, 2.05) is 13.8 Å². The molecule has 0 aliphatic rings. The molecular formula is C13H21ClN2O. The van der Waals surface area contributed by atoms with Gasteiger partial charge in [0.15, 0.2) is 0 Å². The second-order valence-corrected chi connectivity index (χ2v) is 5.04. The fourth-order valence-corrected chi connectivity index (χ4v) is 1.45. The number of hydrogen-bond donors (Lipinski definition) is 0. The van der Waals surface area contributed by atoms with Crippen molar-refractivity contribution in [1.82, 2.24) is 9.97 Å². The molecular weight excluding hydrogens is 236 g/mol. The van der Waals surface area contributed by atoms with E-state index < -0.39 is 0 Å². The summed E-state index contributed by atoms with van der Waals surface area (Å²) >= 11 is 6.09. The van der Waals surface area contributed by atoms with E-state index in [4.69, 9.17) is 16.3 Å². The number of aromatic nitrogens is 2. The van der Waals surface area contributed by atoms with Crippen LogP contribution < -0.4 is 4.74 Å². The fraction of sp³-hybridized carbons (Fsp3) is 0.692. The predicted molar refractivity (Wildman–Crippen MR) is 70.7 cm³/mol. The molecule has 0 spiro atoms. The van der Waals surface area contributed by atoms with Gasteiger partial charge < -0.3 is 4.74 Å². The molecule has 0 aliphatic carbocycles. The third kappa shape index (κ3) is 3.84. The quantitative estimate of drug-likeness (QED) is 0.752. The van der Waals surface area contributed by atoms with Crippen LogP contribution in [-0.2, 0) is 6.42 Å². The normalized spacial score (nSPS) is 12.9. The van der Waals surface area contributed by atoms with Crippen LogP contribution in [0.15, 0.2) is 0 Å². The number of rotatable bonds is 5. The second-order valence-electron chi connectivity index (χ2n) is 4.68. The molecule has 0 saturated carbocycles. The highest BCUT2D eigenvalue weighted by Crippen LogP contribution is 2.24. The Morgan fingerprint density at radius 2 is 1.88 bits per heavy atom. The lowest BCUT2D eigenvalue weighted by Crippen LogP contribution is -2.20. The Hall–Kier alpha value is -0.830. The van der Waals surface area contributed by atoms with Gasteiger partial charge >= 0.3 is 0 Å². The Balaban J connectivity index is 2.97. The smallest absolute Gasteiger partial charge is 0.221 e. The maximum atomic E-state index is 6.09. The van der Waals surface area contributed by atoms with Crippen LogP contribution in [0, 0.1) is 12.8 Å². The number of hydrogen-bond acceptors (Lipinski definition) is 3. The average molecular weight is 257 g/mol. The van der Waals surface area contributed by atoms with Crippen LogP contribution in [0.5, 0.6) is 5.88 Å². The van der Waals surface area contributed by atoms with E-state index in [0.717, 1.165) is 24.2 Å². The molecule has 1 heterocycles. The van der Waals surface area contributed by atoms with Crippen molar-refractivity contribution in [2.45, 2.75) is 53.6 Å². The molecule has 17 heavy (non-hydrogen) atoms. The molecule has 0 saturated heterocycles. The van der Waals surface area contributed by atoms with Crippen molar-refractivity contribution in [2.24, 2.45) is 5.92 Å². The molecule has 96 valence electrons. The average Bonchev–Trinajstić information content (AvgIpc) is 2.25. The summed E-state index contributed by atoms with van der Waals surface area (Å²) in [6.07, 6.45) is 1.94. The highest BCUT2D eigenvalue weighted by molar-refractivity contribution is 6.30. The van der Waals surface area contributed by atoms with Gasteiger partial charge in [0, 0.05) is 12.0 Å². The Bertz CT molecular complexity index is 380. The molecule has 0 radical (unpaired) electrons. The van der Waals surface area contributed by atoms with E-state index in [9.17, 15) is 0 Å². The van der Waals surface area contributed by atoms with Gasteiger partial charge in [0.1, 0.15) is 11.0 Å². The SMILES string of the molecule is CCCc1nc(Cl)c(C)c(OC(C)C(C)C)n1. The van der Waals surface area contributed by atoms with E-state index in [-0.39, 0.29) is 6.10 Å². The zero-order chi connectivity index (χ0) is 13.0. The van der Waals surface area contributed by atoms with Gasteiger partial charge in [-0.15, -0.1) is 0 Å². The zero-order valence-electron chi connectivity index (χ0n) is 11.2. The topological polar surface area (TPSA) is 35.0 Å². The Labute approximate surface area is 109 Å². The van der Waals surface area contributed by atoms with Crippen molar-refractivity contribution < 1.29 is 4.74 Å². The number of ether oxygens (including phenoxy) is 1. The first kappa shape index (κ1) is 14.2. The molecule has 0 aromatic carbocycles. The summed E-state index contributed by atoms with van der Waals surface area (Å²) < 4.78 is 5.84. The van der Waals surface area contributed by atoms with Gasteiger partial charge in [-0.2, -0.15) is 4.98 Å². The summed E-state index contributed by atoms with van der Waals surface area (Å²) in [4.78, 5) is 8.68. The summed E-state index contributed by atoms with van der Waals surface area (Å²) in [6, 6.07) is 0. The van der Waals surface area contributed by atoms with Crippen LogP contribution in [0.3, 0.4) is 0 Å². The molecule has 0 bridgehead atoms. The van der Waals surface area contributed by atoms with Gasteiger partial charge in [0.05, 0.1) is 6.10 Å². The maximum Gasteiger partial charge on any atom is 0.221 e. The highest BCUT2D eigenvalue weighted by Gasteiger charge is 2.15. The van der Waals surface area contributed by atoms with Gasteiger partial charge in [-0.3, -0.25) is 0 Å². The lowest BCUT2D eigenvalue weighted by atomic mass is 10.1. The van der Waals surface area contributed by atoms with Crippen LogP contribution in [-0.4, -0.2) is 16.1 Å². The Morgan fingerprint density at radius 3 is 2.41 bits per heavy atom. The summed E-state index contributed by atoms with van der Waals surface area (Å²) in [7, 11) is 0. The third-order valence-corrected chi connectivity index (χ3v) is 3.17. The molecule has 0 aliphatic heterocycles. The van der Waals surface area contributed by atoms with Crippen LogP contribution in [0.2, 0.25) is 5.15 Å². The predicted octanol–water partition coefficient (Wildman–Crippen LogP) is 3.81. The number of halogens is 1. The lowest BCUT2D eigenvalue weighted by Gasteiger charge is -2.19. The minimum atomic E-state index is 0.120. The van der Waals surface area contributed by atoms with Crippen molar-refractivity contribution in [2.75, 3.05) is 0 Å². The van der Waals surface area contributed by atoms with Crippen molar-refractivity contribution >= 4 is 11.6 Å².